The van der Waals surface area contributed by atoms with E-state index in [-0.39, 0.29) is 12.3 Å². The van der Waals surface area contributed by atoms with Gasteiger partial charge < -0.3 is 5.32 Å². The number of sulfonamides is 1. The minimum atomic E-state index is -4.56. The number of hydrogen-bond donors (Lipinski definition) is 3. The summed E-state index contributed by atoms with van der Waals surface area (Å²) >= 11 is 2.11. The fourth-order valence-electron chi connectivity index (χ4n) is 3.28. The average Bonchev–Trinajstić information content (AvgIpc) is 3.63. The third-order valence-corrected chi connectivity index (χ3v) is 7.41. The summed E-state index contributed by atoms with van der Waals surface area (Å²) in [6.07, 6.45) is 1.96. The third kappa shape index (κ3) is 6.08. The Morgan fingerprint density at radius 3 is 2.46 bits per heavy atom. The molecule has 0 spiro atoms. The van der Waals surface area contributed by atoms with Crippen LogP contribution in [-0.2, 0) is 14.9 Å². The number of anilines is 3. The molecular weight excluding hydrogens is 591 g/mol. The van der Waals surface area contributed by atoms with Gasteiger partial charge in [0.25, 0.3) is 15.9 Å². The van der Waals surface area contributed by atoms with Crippen molar-refractivity contribution in [1.82, 2.24) is 5.48 Å². The van der Waals surface area contributed by atoms with Gasteiger partial charge in [0, 0.05) is 14.9 Å². The van der Waals surface area contributed by atoms with E-state index >= 15 is 8.78 Å². The van der Waals surface area contributed by atoms with Gasteiger partial charge in [0.15, 0.2) is 11.6 Å². The fourth-order valence-corrected chi connectivity index (χ4v) is 5.08. The zero-order valence-corrected chi connectivity index (χ0v) is 21.5. The molecule has 0 radical (unpaired) electrons. The molecule has 3 N–H and O–H groups in total. The van der Waals surface area contributed by atoms with Crippen LogP contribution in [0.15, 0.2) is 59.5 Å². The largest absolute Gasteiger partial charge is 0.352 e. The number of nitrogens with one attached hydrogen (secondary N) is 3. The Balaban J connectivity index is 1.75. The molecule has 0 aromatic heterocycles. The van der Waals surface area contributed by atoms with Gasteiger partial charge in [0.2, 0.25) is 0 Å². The van der Waals surface area contributed by atoms with Crippen molar-refractivity contribution >= 4 is 55.6 Å². The number of halogens is 3. The molecule has 184 valence electrons. The van der Waals surface area contributed by atoms with Crippen molar-refractivity contribution in [3.63, 3.8) is 0 Å². The van der Waals surface area contributed by atoms with E-state index in [9.17, 15) is 13.2 Å². The van der Waals surface area contributed by atoms with Gasteiger partial charge in [-0.3, -0.25) is 14.4 Å². The highest BCUT2D eigenvalue weighted by atomic mass is 127. The van der Waals surface area contributed by atoms with E-state index in [2.05, 4.69) is 38.1 Å². The lowest BCUT2D eigenvalue weighted by Crippen LogP contribution is -2.27. The van der Waals surface area contributed by atoms with E-state index in [4.69, 9.17) is 4.84 Å². The molecule has 11 heteroatoms. The van der Waals surface area contributed by atoms with Gasteiger partial charge in [0.05, 0.1) is 17.9 Å². The SMILES string of the molecule is Cc1cc(I)ccc1Nc1c(C(=O)NOCC2CC2)cc(S(=O)(=O)Nc2ccccc2)c(F)c1F. The molecule has 3 aromatic rings. The number of amides is 1. The van der Waals surface area contributed by atoms with Crippen molar-refractivity contribution in [3.05, 3.63) is 80.9 Å². The van der Waals surface area contributed by atoms with Crippen LogP contribution >= 0.6 is 22.6 Å². The molecule has 1 aliphatic carbocycles. The predicted molar refractivity (Wildman–Crippen MR) is 137 cm³/mol. The van der Waals surface area contributed by atoms with E-state index in [0.717, 1.165) is 28.0 Å². The smallest absolute Gasteiger partial charge is 0.277 e. The summed E-state index contributed by atoms with van der Waals surface area (Å²) in [5.41, 5.74) is 2.58. The van der Waals surface area contributed by atoms with Gasteiger partial charge >= 0.3 is 0 Å². The monoisotopic (exact) mass is 613 g/mol. The minimum absolute atomic E-state index is 0.155. The molecule has 0 heterocycles. The van der Waals surface area contributed by atoms with Crippen LogP contribution in [0.2, 0.25) is 0 Å². The Kier molecular flexibility index (Phi) is 7.57. The maximum atomic E-state index is 15.4. The molecule has 1 aliphatic rings. The van der Waals surface area contributed by atoms with E-state index in [1.807, 2.05) is 6.07 Å². The topological polar surface area (TPSA) is 96.5 Å². The second-order valence-electron chi connectivity index (χ2n) is 8.17. The first-order chi connectivity index (χ1) is 16.7. The zero-order valence-electron chi connectivity index (χ0n) is 18.6. The van der Waals surface area contributed by atoms with Crippen molar-refractivity contribution in [2.75, 3.05) is 16.6 Å². The molecular formula is C24H22F2IN3O4S. The van der Waals surface area contributed by atoms with E-state index in [1.165, 1.54) is 12.1 Å². The zero-order chi connectivity index (χ0) is 25.2. The van der Waals surface area contributed by atoms with Crippen molar-refractivity contribution < 1.29 is 26.8 Å². The molecule has 1 fully saturated rings. The van der Waals surface area contributed by atoms with Crippen LogP contribution in [0.3, 0.4) is 0 Å². The molecule has 0 atom stereocenters. The van der Waals surface area contributed by atoms with Crippen molar-refractivity contribution in [3.8, 4) is 0 Å². The Labute approximate surface area is 215 Å². The van der Waals surface area contributed by atoms with Gasteiger partial charge in [0.1, 0.15) is 4.90 Å². The summed E-state index contributed by atoms with van der Waals surface area (Å²) in [5, 5.41) is 2.75. The number of benzene rings is 3. The number of hydroxylamine groups is 1. The molecule has 0 unspecified atom stereocenters. The molecule has 35 heavy (non-hydrogen) atoms. The summed E-state index contributed by atoms with van der Waals surface area (Å²) in [6.45, 7) is 2.04. The quantitative estimate of drug-likeness (QED) is 0.219. The highest BCUT2D eigenvalue weighted by Crippen LogP contribution is 2.33. The van der Waals surface area contributed by atoms with Crippen molar-refractivity contribution in [1.29, 1.82) is 0 Å². The highest BCUT2D eigenvalue weighted by molar-refractivity contribution is 14.1. The second kappa shape index (κ2) is 10.5. The molecule has 1 amide bonds. The van der Waals surface area contributed by atoms with Crippen LogP contribution in [-0.4, -0.2) is 20.9 Å². The van der Waals surface area contributed by atoms with Gasteiger partial charge in [-0.05, 0) is 90.2 Å². The van der Waals surface area contributed by atoms with Crippen LogP contribution in [0.5, 0.6) is 0 Å². The van der Waals surface area contributed by atoms with E-state index < -0.39 is 43.7 Å². The summed E-state index contributed by atoms with van der Waals surface area (Å²) < 4.78 is 59.5. The van der Waals surface area contributed by atoms with E-state index in [0.29, 0.717) is 11.6 Å². The molecule has 0 aliphatic heterocycles. The van der Waals surface area contributed by atoms with Crippen LogP contribution in [0.1, 0.15) is 28.8 Å². The van der Waals surface area contributed by atoms with Gasteiger partial charge in [-0.2, -0.15) is 0 Å². The van der Waals surface area contributed by atoms with E-state index in [1.54, 1.807) is 37.3 Å². The summed E-state index contributed by atoms with van der Waals surface area (Å²) in [6, 6.07) is 13.8. The molecule has 0 bridgehead atoms. The molecule has 3 aromatic carbocycles. The molecule has 1 saturated carbocycles. The minimum Gasteiger partial charge on any atom is -0.352 e. The Morgan fingerprint density at radius 1 is 1.09 bits per heavy atom. The first-order valence-corrected chi connectivity index (χ1v) is 13.3. The molecule has 4 rings (SSSR count). The summed E-state index contributed by atoms with van der Waals surface area (Å²) in [5.74, 6) is -3.70. The third-order valence-electron chi connectivity index (χ3n) is 5.36. The second-order valence-corrected chi connectivity index (χ2v) is 11.1. The maximum absolute atomic E-state index is 15.4. The van der Waals surface area contributed by atoms with Crippen LogP contribution < -0.4 is 15.5 Å². The summed E-state index contributed by atoms with van der Waals surface area (Å²) in [4.78, 5) is 17.1. The van der Waals surface area contributed by atoms with Gasteiger partial charge in [-0.1, -0.05) is 18.2 Å². The normalized spacial score (nSPS) is 13.4. The fraction of sp³-hybridized carbons (Fsp3) is 0.208. The lowest BCUT2D eigenvalue weighted by Gasteiger charge is -2.18. The molecule has 7 nitrogen and oxygen atoms in total. The Bertz CT molecular complexity index is 1370. The van der Waals surface area contributed by atoms with Crippen LogP contribution in [0, 0.1) is 28.0 Å². The molecule has 0 saturated heterocycles. The number of carbonyl (C=O) groups is 1. The Morgan fingerprint density at radius 2 is 1.80 bits per heavy atom. The maximum Gasteiger partial charge on any atom is 0.277 e. The number of carbonyl (C=O) groups excluding carboxylic acids is 1. The average molecular weight is 613 g/mol. The first kappa shape index (κ1) is 25.3. The summed E-state index contributed by atoms with van der Waals surface area (Å²) in [7, 11) is -4.56. The number of aryl methyl sites for hydroxylation is 1. The predicted octanol–water partition coefficient (Wildman–Crippen LogP) is 5.49. The van der Waals surface area contributed by atoms with Gasteiger partial charge in [-0.15, -0.1) is 0 Å². The lowest BCUT2D eigenvalue weighted by atomic mass is 10.1. The Hall–Kier alpha value is -2.77. The standard InChI is InChI=1S/C24H22F2IN3O4S/c1-14-11-16(27)9-10-19(14)28-23-18(24(31)29-34-13-15-7-8-15)12-20(21(25)22(23)26)35(32,33)30-17-5-3-2-4-6-17/h2-6,9-12,15,28,30H,7-8,13H2,1H3,(H,29,31). The first-order valence-electron chi connectivity index (χ1n) is 10.7. The number of para-hydroxylation sites is 1. The number of hydrogen-bond acceptors (Lipinski definition) is 5. The van der Waals surface area contributed by atoms with Crippen molar-refractivity contribution in [2.24, 2.45) is 5.92 Å². The lowest BCUT2D eigenvalue weighted by molar-refractivity contribution is 0.0270. The number of rotatable bonds is 9. The van der Waals surface area contributed by atoms with Gasteiger partial charge in [-0.25, -0.2) is 22.7 Å². The van der Waals surface area contributed by atoms with Crippen LogP contribution in [0.4, 0.5) is 25.8 Å². The highest BCUT2D eigenvalue weighted by Gasteiger charge is 2.30. The van der Waals surface area contributed by atoms with Crippen molar-refractivity contribution in [2.45, 2.75) is 24.7 Å². The van der Waals surface area contributed by atoms with Crippen LogP contribution in [0.25, 0.3) is 0 Å².